The van der Waals surface area contributed by atoms with E-state index in [1.165, 1.54) is 34.7 Å². The molecule has 1 heterocycles. The normalized spacial score (nSPS) is 22.5. The highest BCUT2D eigenvalue weighted by atomic mass is 16.5. The fraction of sp³-hybridized carbons (Fsp3) is 0.500. The Morgan fingerprint density at radius 1 is 0.921 bits per heavy atom. The predicted molar refractivity (Wildman–Crippen MR) is 154 cm³/mol. The van der Waals surface area contributed by atoms with E-state index >= 15 is 0 Å². The van der Waals surface area contributed by atoms with Crippen LogP contribution in [0.1, 0.15) is 69.6 Å². The van der Waals surface area contributed by atoms with Gasteiger partial charge in [-0.2, -0.15) is 0 Å². The Bertz CT molecular complexity index is 1240. The molecule has 3 aromatic rings. The van der Waals surface area contributed by atoms with Gasteiger partial charge < -0.3 is 9.47 Å². The fourth-order valence-corrected chi connectivity index (χ4v) is 6.32. The molecule has 0 aromatic heterocycles. The third-order valence-corrected chi connectivity index (χ3v) is 8.73. The van der Waals surface area contributed by atoms with Crippen molar-refractivity contribution >= 4 is 16.7 Å². The van der Waals surface area contributed by atoms with Crippen LogP contribution in [0.5, 0.6) is 5.75 Å². The highest BCUT2D eigenvalue weighted by molar-refractivity contribution is 5.90. The summed E-state index contributed by atoms with van der Waals surface area (Å²) in [6, 6.07) is 20.8. The molecular weight excluding hydrogens is 470 g/mol. The molecule has 1 atom stereocenters. The lowest BCUT2D eigenvalue weighted by Crippen LogP contribution is -2.31. The molecule has 0 bridgehead atoms. The van der Waals surface area contributed by atoms with Crippen LogP contribution < -0.4 is 4.74 Å². The van der Waals surface area contributed by atoms with Crippen LogP contribution in [0.4, 0.5) is 0 Å². The molecule has 1 unspecified atom stereocenters. The molecule has 38 heavy (non-hydrogen) atoms. The van der Waals surface area contributed by atoms with Crippen molar-refractivity contribution in [2.75, 3.05) is 13.1 Å². The second-order valence-electron chi connectivity index (χ2n) is 12.5. The fourth-order valence-electron chi connectivity index (χ4n) is 6.32. The second-order valence-corrected chi connectivity index (χ2v) is 12.5. The number of likely N-dealkylation sites (tertiary alicyclic amines) is 1. The predicted octanol–water partition coefficient (Wildman–Crippen LogP) is 7.70. The molecule has 5 rings (SSSR count). The minimum absolute atomic E-state index is 0.0764. The first kappa shape index (κ1) is 26.7. The summed E-state index contributed by atoms with van der Waals surface area (Å²) >= 11 is 0. The highest BCUT2D eigenvalue weighted by Gasteiger charge is 2.32. The van der Waals surface area contributed by atoms with Crippen LogP contribution in [0.25, 0.3) is 10.8 Å². The van der Waals surface area contributed by atoms with E-state index in [0.29, 0.717) is 12.0 Å². The summed E-state index contributed by atoms with van der Waals surface area (Å²) in [6.07, 6.45) is 5.81. The molecule has 4 nitrogen and oxygen atoms in total. The van der Waals surface area contributed by atoms with Crippen molar-refractivity contribution in [3.8, 4) is 5.75 Å². The van der Waals surface area contributed by atoms with Gasteiger partial charge in [0.2, 0.25) is 0 Å². The summed E-state index contributed by atoms with van der Waals surface area (Å²) in [5.41, 5.74) is 3.90. The van der Waals surface area contributed by atoms with Crippen molar-refractivity contribution < 1.29 is 14.3 Å². The van der Waals surface area contributed by atoms with E-state index in [9.17, 15) is 4.79 Å². The summed E-state index contributed by atoms with van der Waals surface area (Å²) in [5, 5.41) is 2.55. The molecule has 3 aromatic carbocycles. The van der Waals surface area contributed by atoms with Crippen LogP contribution in [0, 0.1) is 24.2 Å². The molecule has 4 heteroatoms. The molecule has 1 aliphatic carbocycles. The van der Waals surface area contributed by atoms with Gasteiger partial charge in [-0.25, -0.2) is 0 Å². The van der Waals surface area contributed by atoms with Gasteiger partial charge in [0.15, 0.2) is 0 Å². The van der Waals surface area contributed by atoms with Crippen LogP contribution in [0.3, 0.4) is 0 Å². The van der Waals surface area contributed by atoms with E-state index in [1.54, 1.807) is 0 Å². The maximum absolute atomic E-state index is 12.8. The lowest BCUT2D eigenvalue weighted by atomic mass is 9.72. The van der Waals surface area contributed by atoms with Crippen LogP contribution >= 0.6 is 0 Å². The quantitative estimate of drug-likeness (QED) is 0.304. The maximum Gasteiger partial charge on any atom is 0.310 e. The first-order valence-corrected chi connectivity index (χ1v) is 14.4. The smallest absolute Gasteiger partial charge is 0.310 e. The molecule has 2 aliphatic rings. The SMILES string of the molecule is Cc1cc(OC2CCC(C(C)(C)C)CC2)c(CN2CCC(C(=O)OCc3ccccc3)C2)c2ccccc12. The average Bonchev–Trinajstić information content (AvgIpc) is 3.39. The van der Waals surface area contributed by atoms with E-state index < -0.39 is 0 Å². The number of hydrogen-bond acceptors (Lipinski definition) is 4. The van der Waals surface area contributed by atoms with Gasteiger partial charge in [-0.15, -0.1) is 0 Å². The van der Waals surface area contributed by atoms with Crippen LogP contribution in [-0.4, -0.2) is 30.1 Å². The first-order chi connectivity index (χ1) is 18.3. The van der Waals surface area contributed by atoms with Crippen LogP contribution in [0.2, 0.25) is 0 Å². The Balaban J connectivity index is 1.28. The van der Waals surface area contributed by atoms with E-state index in [2.05, 4.69) is 62.9 Å². The molecule has 0 spiro atoms. The van der Waals surface area contributed by atoms with E-state index in [1.807, 2.05) is 30.3 Å². The van der Waals surface area contributed by atoms with Crippen molar-refractivity contribution in [3.05, 3.63) is 77.4 Å². The summed E-state index contributed by atoms with van der Waals surface area (Å²) in [5.74, 6) is 1.63. The van der Waals surface area contributed by atoms with E-state index in [0.717, 1.165) is 56.1 Å². The summed E-state index contributed by atoms with van der Waals surface area (Å²) in [6.45, 7) is 12.0. The number of rotatable bonds is 7. The Kier molecular flexibility index (Phi) is 8.09. The van der Waals surface area contributed by atoms with Crippen LogP contribution in [-0.2, 0) is 22.7 Å². The number of carbonyl (C=O) groups excluding carboxylic acids is 1. The Morgan fingerprint density at radius 3 is 2.32 bits per heavy atom. The van der Waals surface area contributed by atoms with Gasteiger partial charge in [0.25, 0.3) is 0 Å². The zero-order valence-electron chi connectivity index (χ0n) is 23.5. The zero-order chi connectivity index (χ0) is 26.7. The van der Waals surface area contributed by atoms with Crippen molar-refractivity contribution in [1.82, 2.24) is 4.90 Å². The van der Waals surface area contributed by atoms with Gasteiger partial charge in [-0.1, -0.05) is 75.4 Å². The second kappa shape index (κ2) is 11.5. The molecule has 202 valence electrons. The van der Waals surface area contributed by atoms with Gasteiger partial charge >= 0.3 is 5.97 Å². The van der Waals surface area contributed by atoms with E-state index in [-0.39, 0.29) is 18.0 Å². The molecule has 0 amide bonds. The number of ether oxygens (including phenoxy) is 2. The van der Waals surface area contributed by atoms with Crippen molar-refractivity contribution in [3.63, 3.8) is 0 Å². The van der Waals surface area contributed by atoms with Gasteiger partial charge in [0.1, 0.15) is 12.4 Å². The molecule has 1 saturated heterocycles. The highest BCUT2D eigenvalue weighted by Crippen LogP contribution is 2.40. The number of fused-ring (bicyclic) bond motifs is 1. The van der Waals surface area contributed by atoms with Crippen molar-refractivity contribution in [2.45, 2.75) is 79.1 Å². The Hall–Kier alpha value is -2.85. The van der Waals surface area contributed by atoms with E-state index in [4.69, 9.17) is 9.47 Å². The molecule has 1 aliphatic heterocycles. The van der Waals surface area contributed by atoms with Gasteiger partial charge in [-0.05, 0) is 84.9 Å². The minimum Gasteiger partial charge on any atom is -0.490 e. The monoisotopic (exact) mass is 513 g/mol. The zero-order valence-corrected chi connectivity index (χ0v) is 23.5. The lowest BCUT2D eigenvalue weighted by Gasteiger charge is -2.37. The number of hydrogen-bond donors (Lipinski definition) is 0. The van der Waals surface area contributed by atoms with Crippen LogP contribution in [0.15, 0.2) is 60.7 Å². The van der Waals surface area contributed by atoms with Gasteiger partial charge in [0.05, 0.1) is 12.0 Å². The summed E-state index contributed by atoms with van der Waals surface area (Å²) in [4.78, 5) is 15.2. The van der Waals surface area contributed by atoms with Gasteiger partial charge in [0, 0.05) is 18.7 Å². The molecule has 0 N–H and O–H groups in total. The number of aryl methyl sites for hydroxylation is 1. The van der Waals surface area contributed by atoms with Gasteiger partial charge in [-0.3, -0.25) is 9.69 Å². The average molecular weight is 514 g/mol. The minimum atomic E-state index is -0.0859. The largest absolute Gasteiger partial charge is 0.490 e. The number of carbonyl (C=O) groups is 1. The van der Waals surface area contributed by atoms with Crippen molar-refractivity contribution in [1.29, 1.82) is 0 Å². The Morgan fingerprint density at radius 2 is 1.61 bits per heavy atom. The first-order valence-electron chi connectivity index (χ1n) is 14.4. The molecule has 1 saturated carbocycles. The molecular formula is C34H43NO3. The lowest BCUT2D eigenvalue weighted by molar-refractivity contribution is -0.149. The third kappa shape index (κ3) is 6.23. The summed E-state index contributed by atoms with van der Waals surface area (Å²) < 4.78 is 12.5. The Labute approximate surface area is 228 Å². The number of benzene rings is 3. The maximum atomic E-state index is 12.8. The molecule has 2 fully saturated rings. The number of nitrogens with zero attached hydrogens (tertiary/aromatic N) is 1. The third-order valence-electron chi connectivity index (χ3n) is 8.73. The van der Waals surface area contributed by atoms with Crippen molar-refractivity contribution in [2.24, 2.45) is 17.3 Å². The standard InChI is InChI=1S/C34H43NO3/c1-24-20-32(38-28-16-14-27(15-17-28)34(2,3)4)31(30-13-9-8-12-29(24)30)22-35-19-18-26(21-35)33(36)37-23-25-10-6-5-7-11-25/h5-13,20,26-28H,14-19,21-23H2,1-4H3. The summed E-state index contributed by atoms with van der Waals surface area (Å²) in [7, 11) is 0. The molecule has 0 radical (unpaired) electrons. The topological polar surface area (TPSA) is 38.8 Å². The number of esters is 1.